The van der Waals surface area contributed by atoms with Crippen molar-refractivity contribution in [2.24, 2.45) is 10.7 Å². The summed E-state index contributed by atoms with van der Waals surface area (Å²) in [6.45, 7) is 0.781. The van der Waals surface area contributed by atoms with E-state index in [4.69, 9.17) is 5.73 Å². The van der Waals surface area contributed by atoms with E-state index in [1.165, 1.54) is 6.20 Å². The summed E-state index contributed by atoms with van der Waals surface area (Å²) in [6.07, 6.45) is 8.81. The summed E-state index contributed by atoms with van der Waals surface area (Å²) in [5, 5.41) is 3.17. The molecule has 0 saturated heterocycles. The quantitative estimate of drug-likeness (QED) is 0.453. The summed E-state index contributed by atoms with van der Waals surface area (Å²) < 4.78 is 1.14. The minimum absolute atomic E-state index is 0.781. The number of rotatable bonds is 2. The SMILES string of the molecule is NC=CC=NC1=CC=C(I)NC1. The van der Waals surface area contributed by atoms with Crippen molar-refractivity contribution in [2.45, 2.75) is 0 Å². The van der Waals surface area contributed by atoms with Crippen LogP contribution >= 0.6 is 22.6 Å². The van der Waals surface area contributed by atoms with E-state index in [-0.39, 0.29) is 0 Å². The van der Waals surface area contributed by atoms with Gasteiger partial charge in [0.1, 0.15) is 0 Å². The molecule has 0 aliphatic carbocycles. The Morgan fingerprint density at radius 3 is 3.00 bits per heavy atom. The molecule has 4 heteroatoms. The van der Waals surface area contributed by atoms with Crippen LogP contribution in [-0.2, 0) is 0 Å². The van der Waals surface area contributed by atoms with Crippen LogP contribution in [0.25, 0.3) is 0 Å². The first-order valence-corrected chi connectivity index (χ1v) is 4.62. The molecule has 1 aliphatic rings. The molecule has 1 rings (SSSR count). The Labute approximate surface area is 85.3 Å². The fourth-order valence-corrected chi connectivity index (χ4v) is 1.11. The van der Waals surface area contributed by atoms with Gasteiger partial charge in [-0.3, -0.25) is 4.99 Å². The zero-order valence-electron chi connectivity index (χ0n) is 6.50. The molecule has 3 nitrogen and oxygen atoms in total. The summed E-state index contributed by atoms with van der Waals surface area (Å²) in [5.74, 6) is 0. The Kier molecular flexibility index (Phi) is 3.86. The van der Waals surface area contributed by atoms with Crippen LogP contribution in [-0.4, -0.2) is 12.8 Å². The number of halogens is 1. The van der Waals surface area contributed by atoms with Gasteiger partial charge in [-0.15, -0.1) is 0 Å². The zero-order valence-corrected chi connectivity index (χ0v) is 8.65. The maximum atomic E-state index is 5.15. The second-order valence-corrected chi connectivity index (χ2v) is 3.35. The first-order valence-electron chi connectivity index (χ1n) is 3.54. The largest absolute Gasteiger partial charge is 0.405 e. The van der Waals surface area contributed by atoms with Crippen LogP contribution in [0.5, 0.6) is 0 Å². The first kappa shape index (κ1) is 9.31. The fraction of sp³-hybridized carbons (Fsp3) is 0.125. The van der Waals surface area contributed by atoms with E-state index in [0.29, 0.717) is 0 Å². The molecular weight excluding hydrogens is 265 g/mol. The molecule has 0 aromatic heterocycles. The Balaban J connectivity index is 2.54. The minimum Gasteiger partial charge on any atom is -0.405 e. The summed E-state index contributed by atoms with van der Waals surface area (Å²) in [6, 6.07) is 0. The van der Waals surface area contributed by atoms with Gasteiger partial charge in [0.25, 0.3) is 0 Å². The van der Waals surface area contributed by atoms with Crippen LogP contribution in [0.1, 0.15) is 0 Å². The van der Waals surface area contributed by atoms with E-state index in [1.807, 2.05) is 12.2 Å². The lowest BCUT2D eigenvalue weighted by atomic mass is 10.3. The minimum atomic E-state index is 0.781. The normalized spacial score (nSPS) is 17.8. The Hall–Kier alpha value is -0.780. The number of nitrogens with one attached hydrogen (secondary N) is 1. The van der Waals surface area contributed by atoms with Crippen LogP contribution in [0.3, 0.4) is 0 Å². The smallest absolute Gasteiger partial charge is 0.0735 e. The fourth-order valence-electron chi connectivity index (χ4n) is 0.739. The molecule has 64 valence electrons. The Morgan fingerprint density at radius 2 is 2.42 bits per heavy atom. The van der Waals surface area contributed by atoms with Crippen molar-refractivity contribution in [2.75, 3.05) is 6.54 Å². The number of aliphatic imine (C=N–C) groups is 1. The van der Waals surface area contributed by atoms with E-state index in [2.05, 4.69) is 32.9 Å². The molecule has 1 aliphatic heterocycles. The second-order valence-electron chi connectivity index (χ2n) is 2.19. The highest BCUT2D eigenvalue weighted by Crippen LogP contribution is 2.09. The second kappa shape index (κ2) is 4.97. The zero-order chi connectivity index (χ0) is 8.81. The van der Waals surface area contributed by atoms with Crippen LogP contribution < -0.4 is 11.1 Å². The summed E-state index contributed by atoms with van der Waals surface area (Å²) in [7, 11) is 0. The molecule has 0 radical (unpaired) electrons. The number of allylic oxidation sites excluding steroid dienone is 3. The van der Waals surface area contributed by atoms with Gasteiger partial charge in [-0.25, -0.2) is 0 Å². The topological polar surface area (TPSA) is 50.4 Å². The molecule has 12 heavy (non-hydrogen) atoms. The predicted molar refractivity (Wildman–Crippen MR) is 60.0 cm³/mol. The van der Waals surface area contributed by atoms with Crippen molar-refractivity contribution in [3.63, 3.8) is 0 Å². The van der Waals surface area contributed by atoms with Crippen molar-refractivity contribution in [1.29, 1.82) is 0 Å². The molecule has 0 aromatic carbocycles. The van der Waals surface area contributed by atoms with Crippen LogP contribution in [0.15, 0.2) is 38.8 Å². The Bertz CT molecular complexity index is 263. The summed E-state index contributed by atoms with van der Waals surface area (Å²) in [4.78, 5) is 4.17. The summed E-state index contributed by atoms with van der Waals surface area (Å²) >= 11 is 2.23. The van der Waals surface area contributed by atoms with Gasteiger partial charge in [0.05, 0.1) is 15.9 Å². The van der Waals surface area contributed by atoms with Crippen molar-refractivity contribution in [3.8, 4) is 0 Å². The average molecular weight is 275 g/mol. The number of hydrogen-bond donors (Lipinski definition) is 2. The summed E-state index contributed by atoms with van der Waals surface area (Å²) in [5.41, 5.74) is 6.15. The molecule has 0 bridgehead atoms. The highest BCUT2D eigenvalue weighted by molar-refractivity contribution is 14.1. The van der Waals surface area contributed by atoms with Gasteiger partial charge in [0.2, 0.25) is 0 Å². The molecule has 0 atom stereocenters. The number of dihydropyridines is 1. The molecule has 0 spiro atoms. The van der Waals surface area contributed by atoms with Gasteiger partial charge in [-0.1, -0.05) is 0 Å². The van der Waals surface area contributed by atoms with Crippen molar-refractivity contribution >= 4 is 28.8 Å². The van der Waals surface area contributed by atoms with Crippen LogP contribution in [0.2, 0.25) is 0 Å². The highest BCUT2D eigenvalue weighted by Gasteiger charge is 1.98. The average Bonchev–Trinajstić information content (AvgIpc) is 2.09. The number of hydrogen-bond acceptors (Lipinski definition) is 3. The molecule has 0 aromatic rings. The van der Waals surface area contributed by atoms with Gasteiger partial charge in [-0.05, 0) is 47.0 Å². The van der Waals surface area contributed by atoms with E-state index in [9.17, 15) is 0 Å². The van der Waals surface area contributed by atoms with Gasteiger partial charge in [0.15, 0.2) is 0 Å². The lowest BCUT2D eigenvalue weighted by Crippen LogP contribution is -2.15. The van der Waals surface area contributed by atoms with Crippen molar-refractivity contribution in [3.05, 3.63) is 33.8 Å². The standard InChI is InChI=1S/C8H10IN3/c9-8-3-2-7(6-12-8)11-5-1-4-10/h1-5,12H,6,10H2. The van der Waals surface area contributed by atoms with Gasteiger partial charge < -0.3 is 11.1 Å². The lowest BCUT2D eigenvalue weighted by Gasteiger charge is -2.08. The van der Waals surface area contributed by atoms with Crippen molar-refractivity contribution in [1.82, 2.24) is 5.32 Å². The third-order valence-electron chi connectivity index (χ3n) is 1.30. The lowest BCUT2D eigenvalue weighted by molar-refractivity contribution is 0.903. The van der Waals surface area contributed by atoms with Crippen LogP contribution in [0.4, 0.5) is 0 Å². The van der Waals surface area contributed by atoms with Crippen molar-refractivity contribution < 1.29 is 0 Å². The monoisotopic (exact) mass is 275 g/mol. The maximum absolute atomic E-state index is 5.15. The van der Waals surface area contributed by atoms with E-state index in [1.54, 1.807) is 12.3 Å². The molecule has 1 heterocycles. The van der Waals surface area contributed by atoms with E-state index < -0.39 is 0 Å². The van der Waals surface area contributed by atoms with Gasteiger partial charge in [0, 0.05) is 6.21 Å². The van der Waals surface area contributed by atoms with E-state index in [0.717, 1.165) is 15.9 Å². The number of nitrogens with two attached hydrogens (primary N) is 1. The maximum Gasteiger partial charge on any atom is 0.0735 e. The Morgan fingerprint density at radius 1 is 1.58 bits per heavy atom. The highest BCUT2D eigenvalue weighted by atomic mass is 127. The number of nitrogens with zero attached hydrogens (tertiary/aromatic N) is 1. The van der Waals surface area contributed by atoms with E-state index >= 15 is 0 Å². The molecule has 0 saturated carbocycles. The van der Waals surface area contributed by atoms with Gasteiger partial charge >= 0.3 is 0 Å². The van der Waals surface area contributed by atoms with Gasteiger partial charge in [-0.2, -0.15) is 0 Å². The third-order valence-corrected chi connectivity index (χ3v) is 2.04. The van der Waals surface area contributed by atoms with Crippen LogP contribution in [0, 0.1) is 0 Å². The molecular formula is C8H10IN3. The molecule has 0 unspecified atom stereocenters. The molecule has 0 amide bonds. The third kappa shape index (κ3) is 3.08. The molecule has 0 fully saturated rings. The predicted octanol–water partition coefficient (Wildman–Crippen LogP) is 1.29. The first-order chi connectivity index (χ1) is 5.83. The molecule has 3 N–H and O–H groups in total.